The lowest BCUT2D eigenvalue weighted by Gasteiger charge is -2.26. The minimum absolute atomic E-state index is 0.191. The molecule has 1 atom stereocenters. The predicted octanol–water partition coefficient (Wildman–Crippen LogP) is 2.77. The van der Waals surface area contributed by atoms with Crippen LogP contribution in [0.25, 0.3) is 0 Å². The second-order valence-electron chi connectivity index (χ2n) is 6.35. The first-order chi connectivity index (χ1) is 11.8. The molecule has 2 aromatic heterocycles. The zero-order valence-electron chi connectivity index (χ0n) is 14.6. The molecule has 136 valence electrons. The maximum Gasteiger partial charge on any atom is 0.253 e. The molecule has 25 heavy (non-hydrogen) atoms. The van der Waals surface area contributed by atoms with Gasteiger partial charge in [0, 0.05) is 18.5 Å². The van der Waals surface area contributed by atoms with Crippen molar-refractivity contribution in [2.75, 3.05) is 13.6 Å². The molecule has 1 aliphatic rings. The molecule has 2 aromatic rings. The third-order valence-electron chi connectivity index (χ3n) is 4.33. The molecule has 3 heterocycles. The van der Waals surface area contributed by atoms with Gasteiger partial charge in [0.15, 0.2) is 0 Å². The van der Waals surface area contributed by atoms with Gasteiger partial charge in [-0.2, -0.15) is 4.31 Å². The zero-order valence-corrected chi connectivity index (χ0v) is 16.2. The van der Waals surface area contributed by atoms with Gasteiger partial charge in [-0.05, 0) is 51.0 Å². The van der Waals surface area contributed by atoms with E-state index < -0.39 is 16.1 Å². The highest BCUT2D eigenvalue weighted by Crippen LogP contribution is 2.31. The first kappa shape index (κ1) is 18.2. The fraction of sp³-hybridized carbons (Fsp3) is 0.471. The van der Waals surface area contributed by atoms with Gasteiger partial charge in [0.2, 0.25) is 5.91 Å². The van der Waals surface area contributed by atoms with Crippen LogP contribution in [0.15, 0.2) is 32.9 Å². The molecule has 0 spiro atoms. The average Bonchev–Trinajstić information content (AvgIpc) is 3.27. The van der Waals surface area contributed by atoms with Gasteiger partial charge in [-0.3, -0.25) is 4.79 Å². The minimum Gasteiger partial charge on any atom is -0.464 e. The summed E-state index contributed by atoms with van der Waals surface area (Å²) < 4.78 is 32.9. The van der Waals surface area contributed by atoms with Gasteiger partial charge in [0.05, 0.1) is 6.54 Å². The highest BCUT2D eigenvalue weighted by Gasteiger charge is 2.41. The summed E-state index contributed by atoms with van der Waals surface area (Å²) in [4.78, 5) is 15.3. The smallest absolute Gasteiger partial charge is 0.253 e. The lowest BCUT2D eigenvalue weighted by molar-refractivity contribution is -0.134. The van der Waals surface area contributed by atoms with Crippen LogP contribution in [0.4, 0.5) is 0 Å². The number of furan rings is 1. The van der Waals surface area contributed by atoms with Gasteiger partial charge >= 0.3 is 0 Å². The molecular formula is C17H22N2O4S2. The van der Waals surface area contributed by atoms with Crippen molar-refractivity contribution >= 4 is 27.3 Å². The summed E-state index contributed by atoms with van der Waals surface area (Å²) >= 11 is 1.24. The predicted molar refractivity (Wildman–Crippen MR) is 95.9 cm³/mol. The molecule has 0 aromatic carbocycles. The number of carbonyl (C=O) groups is 1. The summed E-state index contributed by atoms with van der Waals surface area (Å²) in [6, 6.07) is 6.43. The van der Waals surface area contributed by atoms with E-state index in [0.717, 1.165) is 10.6 Å². The Morgan fingerprint density at radius 3 is 2.68 bits per heavy atom. The van der Waals surface area contributed by atoms with E-state index in [2.05, 4.69) is 0 Å². The molecule has 1 saturated heterocycles. The molecule has 0 bridgehead atoms. The van der Waals surface area contributed by atoms with Crippen LogP contribution < -0.4 is 0 Å². The Balaban J connectivity index is 1.77. The highest BCUT2D eigenvalue weighted by molar-refractivity contribution is 7.91. The Hall–Kier alpha value is -1.64. The van der Waals surface area contributed by atoms with Crippen molar-refractivity contribution in [1.82, 2.24) is 9.21 Å². The molecular weight excluding hydrogens is 360 g/mol. The fourth-order valence-electron chi connectivity index (χ4n) is 3.08. The molecule has 3 rings (SSSR count). The number of nitrogens with zero attached hydrogens (tertiary/aromatic N) is 2. The first-order valence-electron chi connectivity index (χ1n) is 8.17. The summed E-state index contributed by atoms with van der Waals surface area (Å²) in [6.07, 6.45) is 1.23. The molecule has 1 amide bonds. The molecule has 0 N–H and O–H groups in total. The van der Waals surface area contributed by atoms with Gasteiger partial charge in [-0.1, -0.05) is 0 Å². The molecule has 0 aliphatic carbocycles. The Labute approximate surface area is 152 Å². The van der Waals surface area contributed by atoms with Crippen molar-refractivity contribution in [3.63, 3.8) is 0 Å². The van der Waals surface area contributed by atoms with Crippen molar-refractivity contribution in [3.8, 4) is 0 Å². The van der Waals surface area contributed by atoms with Gasteiger partial charge in [-0.25, -0.2) is 8.42 Å². The summed E-state index contributed by atoms with van der Waals surface area (Å²) in [6.45, 7) is 4.42. The number of amides is 1. The largest absolute Gasteiger partial charge is 0.464 e. The van der Waals surface area contributed by atoms with Crippen LogP contribution in [-0.2, 0) is 21.4 Å². The van der Waals surface area contributed by atoms with E-state index >= 15 is 0 Å². The lowest BCUT2D eigenvalue weighted by Crippen LogP contribution is -2.46. The van der Waals surface area contributed by atoms with Crippen LogP contribution in [0.5, 0.6) is 0 Å². The second-order valence-corrected chi connectivity index (χ2v) is 9.75. The van der Waals surface area contributed by atoms with Gasteiger partial charge < -0.3 is 9.32 Å². The molecule has 0 saturated carbocycles. The highest BCUT2D eigenvalue weighted by atomic mass is 32.2. The van der Waals surface area contributed by atoms with Gasteiger partial charge in [-0.15, -0.1) is 11.3 Å². The standard InChI is InChI=1S/C17H22N2O4S2/c1-12-6-8-14(23-12)11-18(3)17(20)15-5-4-10-19(15)25(21,22)16-9-7-13(2)24-16/h6-9,15H,4-5,10-11H2,1-3H3. The molecule has 6 nitrogen and oxygen atoms in total. The number of aryl methyl sites for hydroxylation is 2. The van der Waals surface area contributed by atoms with Gasteiger partial charge in [0.25, 0.3) is 10.0 Å². The lowest BCUT2D eigenvalue weighted by atomic mass is 10.2. The van der Waals surface area contributed by atoms with Crippen molar-refractivity contribution in [2.45, 2.75) is 43.5 Å². The zero-order chi connectivity index (χ0) is 18.2. The van der Waals surface area contributed by atoms with E-state index in [-0.39, 0.29) is 5.91 Å². The Morgan fingerprint density at radius 2 is 2.08 bits per heavy atom. The minimum atomic E-state index is -3.63. The number of sulfonamides is 1. The van der Waals surface area contributed by atoms with Crippen molar-refractivity contribution in [1.29, 1.82) is 0 Å². The van der Waals surface area contributed by atoms with Crippen molar-refractivity contribution in [3.05, 3.63) is 40.7 Å². The Bertz CT molecular complexity index is 869. The molecule has 1 fully saturated rings. The number of thiophene rings is 1. The summed E-state index contributed by atoms with van der Waals surface area (Å²) in [7, 11) is -1.95. The van der Waals surface area contributed by atoms with Crippen LogP contribution in [0, 0.1) is 13.8 Å². The van der Waals surface area contributed by atoms with E-state index in [1.807, 2.05) is 26.0 Å². The van der Waals surface area contributed by atoms with Crippen LogP contribution in [-0.4, -0.2) is 43.2 Å². The van der Waals surface area contributed by atoms with E-state index in [4.69, 9.17) is 4.42 Å². The average molecular weight is 383 g/mol. The molecule has 8 heteroatoms. The van der Waals surface area contributed by atoms with Crippen LogP contribution in [0.1, 0.15) is 29.2 Å². The van der Waals surface area contributed by atoms with E-state index in [1.54, 1.807) is 19.2 Å². The third-order valence-corrected chi connectivity index (χ3v) is 7.71. The Morgan fingerprint density at radius 1 is 1.32 bits per heavy atom. The number of carbonyl (C=O) groups excluding carboxylic acids is 1. The monoisotopic (exact) mass is 382 g/mol. The van der Waals surface area contributed by atoms with E-state index in [0.29, 0.717) is 35.9 Å². The molecule has 1 unspecified atom stereocenters. The first-order valence-corrected chi connectivity index (χ1v) is 10.4. The molecule has 0 radical (unpaired) electrons. The van der Waals surface area contributed by atoms with Crippen LogP contribution in [0.2, 0.25) is 0 Å². The maximum absolute atomic E-state index is 12.9. The SMILES string of the molecule is Cc1ccc(CN(C)C(=O)C2CCCN2S(=O)(=O)c2ccc(C)s2)o1. The van der Waals surface area contributed by atoms with Crippen molar-refractivity contribution in [2.24, 2.45) is 0 Å². The fourth-order valence-corrected chi connectivity index (χ4v) is 6.14. The van der Waals surface area contributed by atoms with Gasteiger partial charge in [0.1, 0.15) is 21.8 Å². The Kier molecular flexibility index (Phi) is 5.04. The summed E-state index contributed by atoms with van der Waals surface area (Å²) in [5, 5.41) is 0. The maximum atomic E-state index is 12.9. The van der Waals surface area contributed by atoms with Crippen LogP contribution >= 0.6 is 11.3 Å². The van der Waals surface area contributed by atoms with E-state index in [9.17, 15) is 13.2 Å². The normalized spacial score (nSPS) is 18.6. The molecule has 1 aliphatic heterocycles. The second kappa shape index (κ2) is 6.93. The van der Waals surface area contributed by atoms with Crippen LogP contribution in [0.3, 0.4) is 0 Å². The van der Waals surface area contributed by atoms with Crippen molar-refractivity contribution < 1.29 is 17.6 Å². The topological polar surface area (TPSA) is 70.8 Å². The number of rotatable bonds is 5. The van der Waals surface area contributed by atoms with E-state index in [1.165, 1.54) is 20.5 Å². The third kappa shape index (κ3) is 3.65. The summed E-state index contributed by atoms with van der Waals surface area (Å²) in [5.41, 5.74) is 0. The number of likely N-dealkylation sites (N-methyl/N-ethyl adjacent to an activating group) is 1. The quantitative estimate of drug-likeness (QED) is 0.797. The number of hydrogen-bond acceptors (Lipinski definition) is 5. The number of hydrogen-bond donors (Lipinski definition) is 0. The summed E-state index contributed by atoms with van der Waals surface area (Å²) in [5.74, 6) is 1.28.